The number of ether oxygens (including phenoxy) is 1. The molecule has 1 heterocycles. The van der Waals surface area contributed by atoms with Crippen LogP contribution in [0.2, 0.25) is 0 Å². The Morgan fingerprint density at radius 3 is 3.06 bits per heavy atom. The van der Waals surface area contributed by atoms with Crippen LogP contribution < -0.4 is 5.32 Å². The normalized spacial score (nSPS) is 10.7. The molecule has 2 rings (SSSR count). The molecule has 0 atom stereocenters. The van der Waals surface area contributed by atoms with Crippen LogP contribution in [0.4, 0.5) is 0 Å². The second-order valence-electron chi connectivity index (χ2n) is 4.13. The van der Waals surface area contributed by atoms with E-state index in [-0.39, 0.29) is 0 Å². The van der Waals surface area contributed by atoms with E-state index in [1.807, 2.05) is 22.9 Å². The summed E-state index contributed by atoms with van der Waals surface area (Å²) in [4.78, 5) is 0. The van der Waals surface area contributed by atoms with Gasteiger partial charge in [-0.25, -0.2) is 0 Å². The molecule has 0 aliphatic heterocycles. The van der Waals surface area contributed by atoms with Crippen LogP contribution in [-0.2, 0) is 17.8 Å². The number of hydrogen-bond donors (Lipinski definition) is 1. The molecule has 2 aromatic rings. The van der Waals surface area contributed by atoms with Crippen molar-refractivity contribution in [2.45, 2.75) is 13.1 Å². The van der Waals surface area contributed by atoms with Crippen LogP contribution in [0.5, 0.6) is 0 Å². The lowest BCUT2D eigenvalue weighted by molar-refractivity contribution is 0.199. The molecular weight excluding hydrogens is 226 g/mol. The minimum absolute atomic E-state index is 0.387. The van der Waals surface area contributed by atoms with Crippen molar-refractivity contribution in [1.82, 2.24) is 9.88 Å². The molecule has 0 spiro atoms. The van der Waals surface area contributed by atoms with Gasteiger partial charge < -0.3 is 14.6 Å². The van der Waals surface area contributed by atoms with E-state index in [0.717, 1.165) is 18.6 Å². The van der Waals surface area contributed by atoms with Crippen molar-refractivity contribution in [2.24, 2.45) is 0 Å². The van der Waals surface area contributed by atoms with Crippen LogP contribution in [-0.4, -0.2) is 24.8 Å². The van der Waals surface area contributed by atoms with Crippen LogP contribution >= 0.6 is 0 Å². The zero-order valence-electron chi connectivity index (χ0n) is 10.5. The molecule has 0 aliphatic rings. The number of aromatic nitrogens is 1. The quantitative estimate of drug-likeness (QED) is 0.788. The van der Waals surface area contributed by atoms with Gasteiger partial charge in [-0.15, -0.1) is 0 Å². The molecule has 0 bridgehead atoms. The SMILES string of the molecule is COCCNCc1cccc2ccn(CC#N)c12. The number of nitrogens with zero attached hydrogens (tertiary/aromatic N) is 2. The first kappa shape index (κ1) is 12.6. The highest BCUT2D eigenvalue weighted by molar-refractivity contribution is 5.83. The van der Waals surface area contributed by atoms with Crippen molar-refractivity contribution >= 4 is 10.9 Å². The standard InChI is InChI=1S/C14H17N3O/c1-18-10-7-16-11-13-4-2-3-12-5-8-17(9-6-15)14(12)13/h2-5,8,16H,7,9-11H2,1H3. The minimum Gasteiger partial charge on any atom is -0.383 e. The average Bonchev–Trinajstić information content (AvgIpc) is 2.79. The third-order valence-electron chi connectivity index (χ3n) is 2.91. The molecular formula is C14H17N3O. The van der Waals surface area contributed by atoms with Crippen LogP contribution in [0.3, 0.4) is 0 Å². The average molecular weight is 243 g/mol. The molecule has 1 aromatic carbocycles. The van der Waals surface area contributed by atoms with Crippen molar-refractivity contribution in [3.63, 3.8) is 0 Å². The van der Waals surface area contributed by atoms with Crippen molar-refractivity contribution in [1.29, 1.82) is 5.26 Å². The Balaban J connectivity index is 2.20. The van der Waals surface area contributed by atoms with Crippen LogP contribution in [0.15, 0.2) is 30.5 Å². The van der Waals surface area contributed by atoms with E-state index in [2.05, 4.69) is 23.5 Å². The van der Waals surface area contributed by atoms with E-state index in [1.54, 1.807) is 7.11 Å². The molecule has 0 radical (unpaired) electrons. The molecule has 0 aliphatic carbocycles. The number of nitrogens with one attached hydrogen (secondary N) is 1. The summed E-state index contributed by atoms with van der Waals surface area (Å²) in [7, 11) is 1.69. The van der Waals surface area contributed by atoms with Gasteiger partial charge >= 0.3 is 0 Å². The highest BCUT2D eigenvalue weighted by Gasteiger charge is 2.05. The molecule has 0 saturated carbocycles. The summed E-state index contributed by atoms with van der Waals surface area (Å²) in [5, 5.41) is 13.3. The van der Waals surface area contributed by atoms with E-state index in [9.17, 15) is 0 Å². The smallest absolute Gasteiger partial charge is 0.110 e. The fourth-order valence-electron chi connectivity index (χ4n) is 2.09. The van der Waals surface area contributed by atoms with E-state index < -0.39 is 0 Å². The lowest BCUT2D eigenvalue weighted by atomic mass is 10.1. The third-order valence-corrected chi connectivity index (χ3v) is 2.91. The summed E-state index contributed by atoms with van der Waals surface area (Å²) in [6.07, 6.45) is 1.96. The van der Waals surface area contributed by atoms with Gasteiger partial charge in [-0.3, -0.25) is 0 Å². The molecule has 0 amide bonds. The van der Waals surface area contributed by atoms with Crippen LogP contribution in [0, 0.1) is 11.3 Å². The highest BCUT2D eigenvalue weighted by atomic mass is 16.5. The van der Waals surface area contributed by atoms with Gasteiger partial charge in [0, 0.05) is 26.4 Å². The van der Waals surface area contributed by atoms with Crippen molar-refractivity contribution < 1.29 is 4.74 Å². The summed E-state index contributed by atoms with van der Waals surface area (Å²) in [5.74, 6) is 0. The second kappa shape index (κ2) is 6.20. The van der Waals surface area contributed by atoms with Gasteiger partial charge in [0.1, 0.15) is 6.54 Å². The molecule has 18 heavy (non-hydrogen) atoms. The molecule has 0 fully saturated rings. The fourth-order valence-corrected chi connectivity index (χ4v) is 2.09. The van der Waals surface area contributed by atoms with Gasteiger partial charge in [-0.05, 0) is 17.0 Å². The fraction of sp³-hybridized carbons (Fsp3) is 0.357. The monoisotopic (exact) mass is 243 g/mol. The molecule has 94 valence electrons. The largest absolute Gasteiger partial charge is 0.383 e. The van der Waals surface area contributed by atoms with Gasteiger partial charge in [0.2, 0.25) is 0 Å². The number of benzene rings is 1. The molecule has 0 unspecified atom stereocenters. The topological polar surface area (TPSA) is 50.0 Å². The first-order valence-corrected chi connectivity index (χ1v) is 6.00. The zero-order valence-corrected chi connectivity index (χ0v) is 10.5. The number of rotatable bonds is 6. The Hall–Kier alpha value is -1.83. The summed E-state index contributed by atoms with van der Waals surface area (Å²) in [6, 6.07) is 10.4. The summed E-state index contributed by atoms with van der Waals surface area (Å²) >= 11 is 0. The Morgan fingerprint density at radius 2 is 2.28 bits per heavy atom. The molecule has 1 N–H and O–H groups in total. The zero-order chi connectivity index (χ0) is 12.8. The Bertz CT molecular complexity index is 554. The number of hydrogen-bond acceptors (Lipinski definition) is 3. The molecule has 1 aromatic heterocycles. The third kappa shape index (κ3) is 2.70. The number of nitriles is 1. The van der Waals surface area contributed by atoms with Crippen molar-refractivity contribution in [3.05, 3.63) is 36.0 Å². The van der Waals surface area contributed by atoms with Crippen molar-refractivity contribution in [3.8, 4) is 6.07 Å². The number of methoxy groups -OCH3 is 1. The lowest BCUT2D eigenvalue weighted by Crippen LogP contribution is -2.19. The van der Waals surface area contributed by atoms with Gasteiger partial charge in [0.05, 0.1) is 18.2 Å². The van der Waals surface area contributed by atoms with E-state index in [0.29, 0.717) is 13.2 Å². The van der Waals surface area contributed by atoms with Crippen LogP contribution in [0.1, 0.15) is 5.56 Å². The predicted molar refractivity (Wildman–Crippen MR) is 71.1 cm³/mol. The Morgan fingerprint density at radius 1 is 1.39 bits per heavy atom. The first-order chi connectivity index (χ1) is 8.86. The summed E-state index contributed by atoms with van der Waals surface area (Å²) in [6.45, 7) is 2.70. The maximum absolute atomic E-state index is 8.83. The molecule has 4 heteroatoms. The maximum Gasteiger partial charge on any atom is 0.110 e. The van der Waals surface area contributed by atoms with E-state index in [1.165, 1.54) is 10.9 Å². The Labute approximate surface area is 107 Å². The van der Waals surface area contributed by atoms with Crippen molar-refractivity contribution in [2.75, 3.05) is 20.3 Å². The van der Waals surface area contributed by atoms with Gasteiger partial charge in [-0.2, -0.15) is 5.26 Å². The number of fused-ring (bicyclic) bond motifs is 1. The van der Waals surface area contributed by atoms with Crippen LogP contribution in [0.25, 0.3) is 10.9 Å². The van der Waals surface area contributed by atoms with E-state index >= 15 is 0 Å². The predicted octanol–water partition coefficient (Wildman–Crippen LogP) is 1.90. The lowest BCUT2D eigenvalue weighted by Gasteiger charge is -2.08. The molecule has 0 saturated heterocycles. The highest BCUT2D eigenvalue weighted by Crippen LogP contribution is 2.20. The second-order valence-corrected chi connectivity index (χ2v) is 4.13. The maximum atomic E-state index is 8.83. The molecule has 4 nitrogen and oxygen atoms in total. The Kier molecular flexibility index (Phi) is 4.35. The van der Waals surface area contributed by atoms with Gasteiger partial charge in [-0.1, -0.05) is 18.2 Å². The first-order valence-electron chi connectivity index (χ1n) is 6.00. The summed E-state index contributed by atoms with van der Waals surface area (Å²) < 4.78 is 6.99. The van der Waals surface area contributed by atoms with E-state index in [4.69, 9.17) is 10.00 Å². The number of para-hydroxylation sites is 1. The summed E-state index contributed by atoms with van der Waals surface area (Å²) in [5.41, 5.74) is 2.35. The van der Waals surface area contributed by atoms with Gasteiger partial charge in [0.25, 0.3) is 0 Å². The van der Waals surface area contributed by atoms with Gasteiger partial charge in [0.15, 0.2) is 0 Å². The minimum atomic E-state index is 0.387.